The van der Waals surface area contributed by atoms with Crippen LogP contribution in [0.25, 0.3) is 11.0 Å². The number of nitrogens with one attached hydrogen (secondary N) is 1. The molecule has 0 saturated heterocycles. The van der Waals surface area contributed by atoms with E-state index in [1.54, 1.807) is 60.7 Å². The number of aromatic nitrogens is 2. The molecule has 8 nitrogen and oxygen atoms in total. The lowest BCUT2D eigenvalue weighted by molar-refractivity contribution is -0.113. The fourth-order valence-electron chi connectivity index (χ4n) is 3.29. The highest BCUT2D eigenvalue weighted by atomic mass is 32.2. The van der Waals surface area contributed by atoms with Crippen LogP contribution in [0.4, 0.5) is 5.69 Å². The molecule has 0 bridgehead atoms. The normalized spacial score (nSPS) is 11.4. The number of rotatable bonds is 9. The summed E-state index contributed by atoms with van der Waals surface area (Å²) >= 11 is 1.05. The molecule has 0 fully saturated rings. The zero-order valence-electron chi connectivity index (χ0n) is 18.6. The number of benzene rings is 3. The molecule has 10 heteroatoms. The van der Waals surface area contributed by atoms with Gasteiger partial charge in [0.15, 0.2) is 5.16 Å². The third kappa shape index (κ3) is 5.02. The largest absolute Gasteiger partial charge is 0.497 e. The number of carbonyl (C=O) groups is 1. The van der Waals surface area contributed by atoms with Crippen LogP contribution in [-0.2, 0) is 14.8 Å². The Morgan fingerprint density at radius 3 is 2.35 bits per heavy atom. The standard InChI is InChI=1S/C24H23N3O5S2/c1-3-32-19-10-8-17(9-11-19)25-23(28)16-33-24-26-21-6-4-5-7-22(21)27(24)34(29,30)20-14-12-18(31-2)13-15-20/h4-15H,3,16H2,1-2H3,(H,25,28). The highest BCUT2D eigenvalue weighted by Gasteiger charge is 2.25. The molecule has 1 amide bonds. The Hall–Kier alpha value is -3.50. The van der Waals surface area contributed by atoms with Gasteiger partial charge in [-0.05, 0) is 67.6 Å². The quantitative estimate of drug-likeness (QED) is 0.342. The number of nitrogens with zero attached hydrogens (tertiary/aromatic N) is 2. The van der Waals surface area contributed by atoms with Crippen molar-refractivity contribution in [2.45, 2.75) is 17.0 Å². The van der Waals surface area contributed by atoms with Crippen molar-refractivity contribution in [1.82, 2.24) is 8.96 Å². The van der Waals surface area contributed by atoms with E-state index in [1.165, 1.54) is 23.2 Å². The van der Waals surface area contributed by atoms with Crippen molar-refractivity contribution in [1.29, 1.82) is 0 Å². The summed E-state index contributed by atoms with van der Waals surface area (Å²) in [5.41, 5.74) is 1.58. The predicted molar refractivity (Wildman–Crippen MR) is 132 cm³/mol. The SMILES string of the molecule is CCOc1ccc(NC(=O)CSc2nc3ccccc3n2S(=O)(=O)c2ccc(OC)cc2)cc1. The second kappa shape index (κ2) is 10.2. The molecule has 0 radical (unpaired) electrons. The molecule has 4 rings (SSSR count). The third-order valence-electron chi connectivity index (χ3n) is 4.87. The Morgan fingerprint density at radius 2 is 1.68 bits per heavy atom. The summed E-state index contributed by atoms with van der Waals surface area (Å²) in [6, 6.07) is 20.1. The lowest BCUT2D eigenvalue weighted by Gasteiger charge is -2.11. The first kappa shape index (κ1) is 23.7. The molecule has 0 unspecified atom stereocenters. The molecule has 1 N–H and O–H groups in total. The number of thioether (sulfide) groups is 1. The van der Waals surface area contributed by atoms with Crippen molar-refractivity contribution in [2.24, 2.45) is 0 Å². The number of imidazole rings is 1. The molecular weight excluding hydrogens is 474 g/mol. The summed E-state index contributed by atoms with van der Waals surface area (Å²) in [6.07, 6.45) is 0. The van der Waals surface area contributed by atoms with E-state index in [0.717, 1.165) is 11.8 Å². The predicted octanol–water partition coefficient (Wildman–Crippen LogP) is 4.41. The van der Waals surface area contributed by atoms with E-state index in [9.17, 15) is 13.2 Å². The maximum absolute atomic E-state index is 13.5. The van der Waals surface area contributed by atoms with Crippen LogP contribution in [-0.4, -0.2) is 42.8 Å². The van der Waals surface area contributed by atoms with Gasteiger partial charge < -0.3 is 14.8 Å². The van der Waals surface area contributed by atoms with Crippen LogP contribution in [0.3, 0.4) is 0 Å². The average Bonchev–Trinajstić information content (AvgIpc) is 3.23. The van der Waals surface area contributed by atoms with Crippen LogP contribution in [0, 0.1) is 0 Å². The van der Waals surface area contributed by atoms with Crippen LogP contribution in [0.5, 0.6) is 11.5 Å². The number of hydrogen-bond acceptors (Lipinski definition) is 7. The second-order valence-electron chi connectivity index (χ2n) is 7.12. The first-order chi connectivity index (χ1) is 16.4. The third-order valence-corrected chi connectivity index (χ3v) is 7.64. The van der Waals surface area contributed by atoms with Gasteiger partial charge in [0, 0.05) is 5.69 Å². The van der Waals surface area contributed by atoms with Crippen molar-refractivity contribution in [2.75, 3.05) is 24.8 Å². The van der Waals surface area contributed by atoms with Crippen LogP contribution in [0.15, 0.2) is 82.8 Å². The molecule has 176 valence electrons. The van der Waals surface area contributed by atoms with E-state index >= 15 is 0 Å². The molecule has 3 aromatic carbocycles. The first-order valence-corrected chi connectivity index (χ1v) is 12.9. The van der Waals surface area contributed by atoms with Crippen LogP contribution in [0.2, 0.25) is 0 Å². The van der Waals surface area contributed by atoms with Gasteiger partial charge in [-0.15, -0.1) is 0 Å². The average molecular weight is 498 g/mol. The Balaban J connectivity index is 1.58. The molecule has 0 atom stereocenters. The van der Waals surface area contributed by atoms with Gasteiger partial charge in [-0.3, -0.25) is 4.79 Å². The minimum Gasteiger partial charge on any atom is -0.497 e. The number of methoxy groups -OCH3 is 1. The molecule has 1 aromatic heterocycles. The van der Waals surface area contributed by atoms with Crippen molar-refractivity contribution < 1.29 is 22.7 Å². The maximum atomic E-state index is 13.5. The van der Waals surface area contributed by atoms with Gasteiger partial charge in [0.25, 0.3) is 10.0 Å². The summed E-state index contributed by atoms with van der Waals surface area (Å²) in [5.74, 6) is 0.964. The summed E-state index contributed by atoms with van der Waals surface area (Å²) in [6.45, 7) is 2.46. The Labute approximate surface area is 202 Å². The highest BCUT2D eigenvalue weighted by Crippen LogP contribution is 2.29. The summed E-state index contributed by atoms with van der Waals surface area (Å²) < 4.78 is 38.7. The molecule has 0 spiro atoms. The molecule has 4 aromatic rings. The first-order valence-electron chi connectivity index (χ1n) is 10.4. The number of anilines is 1. The molecule has 0 aliphatic rings. The number of para-hydroxylation sites is 2. The zero-order valence-corrected chi connectivity index (χ0v) is 20.2. The zero-order chi connectivity index (χ0) is 24.1. The smallest absolute Gasteiger partial charge is 0.270 e. The van der Waals surface area contributed by atoms with Crippen LogP contribution < -0.4 is 14.8 Å². The van der Waals surface area contributed by atoms with Gasteiger partial charge in [0.2, 0.25) is 5.91 Å². The molecular formula is C24H23N3O5S2. The number of fused-ring (bicyclic) bond motifs is 1. The van der Waals surface area contributed by atoms with E-state index in [1.807, 2.05) is 6.92 Å². The fraction of sp³-hybridized carbons (Fsp3) is 0.167. The van der Waals surface area contributed by atoms with Gasteiger partial charge in [0.1, 0.15) is 11.5 Å². The maximum Gasteiger partial charge on any atom is 0.270 e. The summed E-state index contributed by atoms with van der Waals surface area (Å²) in [7, 11) is -2.45. The number of hydrogen-bond donors (Lipinski definition) is 1. The number of carbonyl (C=O) groups excluding carboxylic acids is 1. The van der Waals surface area contributed by atoms with E-state index in [2.05, 4.69) is 10.3 Å². The van der Waals surface area contributed by atoms with E-state index in [0.29, 0.717) is 34.8 Å². The van der Waals surface area contributed by atoms with Gasteiger partial charge in [-0.1, -0.05) is 23.9 Å². The molecule has 0 aliphatic heterocycles. The Kier molecular flexibility index (Phi) is 7.09. The minimum absolute atomic E-state index is 0.0192. The number of ether oxygens (including phenoxy) is 2. The molecule has 1 heterocycles. The van der Waals surface area contributed by atoms with Gasteiger partial charge in [-0.2, -0.15) is 0 Å². The van der Waals surface area contributed by atoms with Crippen LogP contribution >= 0.6 is 11.8 Å². The van der Waals surface area contributed by atoms with Crippen molar-refractivity contribution in [3.05, 3.63) is 72.8 Å². The topological polar surface area (TPSA) is 99.5 Å². The van der Waals surface area contributed by atoms with Crippen molar-refractivity contribution >= 4 is 44.4 Å². The Morgan fingerprint density at radius 1 is 1.00 bits per heavy atom. The Bertz CT molecular complexity index is 1400. The summed E-state index contributed by atoms with van der Waals surface area (Å²) in [5, 5.41) is 3.01. The monoisotopic (exact) mass is 497 g/mol. The van der Waals surface area contributed by atoms with Crippen molar-refractivity contribution in [3.63, 3.8) is 0 Å². The van der Waals surface area contributed by atoms with E-state index in [4.69, 9.17) is 9.47 Å². The molecule has 34 heavy (non-hydrogen) atoms. The lowest BCUT2D eigenvalue weighted by atomic mass is 10.3. The van der Waals surface area contributed by atoms with E-state index < -0.39 is 10.0 Å². The lowest BCUT2D eigenvalue weighted by Crippen LogP contribution is -2.17. The van der Waals surface area contributed by atoms with Gasteiger partial charge in [-0.25, -0.2) is 17.4 Å². The van der Waals surface area contributed by atoms with Crippen molar-refractivity contribution in [3.8, 4) is 11.5 Å². The molecule has 0 aliphatic carbocycles. The van der Waals surface area contributed by atoms with E-state index in [-0.39, 0.29) is 21.7 Å². The van der Waals surface area contributed by atoms with Crippen LogP contribution in [0.1, 0.15) is 6.92 Å². The molecule has 0 saturated carbocycles. The second-order valence-corrected chi connectivity index (χ2v) is 9.85. The number of amides is 1. The van der Waals surface area contributed by atoms with Gasteiger partial charge >= 0.3 is 0 Å². The minimum atomic E-state index is -3.96. The highest BCUT2D eigenvalue weighted by molar-refractivity contribution is 8.00. The summed E-state index contributed by atoms with van der Waals surface area (Å²) in [4.78, 5) is 17.1. The fourth-order valence-corrected chi connectivity index (χ4v) is 5.80. The van der Waals surface area contributed by atoms with Gasteiger partial charge in [0.05, 0.1) is 35.4 Å².